The van der Waals surface area contributed by atoms with E-state index in [1.54, 1.807) is 19.2 Å². The van der Waals surface area contributed by atoms with E-state index < -0.39 is 6.04 Å². The first-order valence-corrected chi connectivity index (χ1v) is 8.32. The van der Waals surface area contributed by atoms with Gasteiger partial charge in [0.1, 0.15) is 0 Å². The van der Waals surface area contributed by atoms with Crippen molar-refractivity contribution in [1.82, 2.24) is 0 Å². The third-order valence-corrected chi connectivity index (χ3v) is 4.50. The van der Waals surface area contributed by atoms with Gasteiger partial charge in [-0.2, -0.15) is 0 Å². The van der Waals surface area contributed by atoms with E-state index >= 15 is 0 Å². The first-order valence-electron chi connectivity index (χ1n) is 7.95. The number of hydrogen-bond donors (Lipinski definition) is 1. The molecular formula is C19H20ClNO3. The number of methoxy groups -OCH3 is 1. The van der Waals surface area contributed by atoms with E-state index in [0.29, 0.717) is 17.2 Å². The summed E-state index contributed by atoms with van der Waals surface area (Å²) in [7, 11) is 1.61. The predicted octanol–water partition coefficient (Wildman–Crippen LogP) is 4.01. The van der Waals surface area contributed by atoms with Crippen molar-refractivity contribution in [2.45, 2.75) is 18.8 Å². The molecule has 24 heavy (non-hydrogen) atoms. The molecule has 5 heteroatoms. The van der Waals surface area contributed by atoms with E-state index in [9.17, 15) is 4.79 Å². The maximum atomic E-state index is 13.1. The minimum atomic E-state index is -0.430. The second-order valence-corrected chi connectivity index (χ2v) is 6.22. The Labute approximate surface area is 146 Å². The molecule has 126 valence electrons. The highest BCUT2D eigenvalue weighted by Crippen LogP contribution is 2.29. The van der Waals surface area contributed by atoms with E-state index in [4.69, 9.17) is 21.1 Å². The van der Waals surface area contributed by atoms with Gasteiger partial charge < -0.3 is 14.8 Å². The predicted molar refractivity (Wildman–Crippen MR) is 94.5 cm³/mol. The molecule has 0 amide bonds. The smallest absolute Gasteiger partial charge is 0.185 e. The molecule has 3 atom stereocenters. The Hall–Kier alpha value is -1.88. The van der Waals surface area contributed by atoms with Gasteiger partial charge in [-0.15, -0.1) is 0 Å². The highest BCUT2D eigenvalue weighted by Gasteiger charge is 2.39. The summed E-state index contributed by atoms with van der Waals surface area (Å²) in [6.07, 6.45) is 0.380. The van der Waals surface area contributed by atoms with Gasteiger partial charge >= 0.3 is 0 Å². The minimum absolute atomic E-state index is 0.0306. The number of ether oxygens (including phenoxy) is 2. The van der Waals surface area contributed by atoms with Crippen molar-refractivity contribution in [3.63, 3.8) is 0 Å². The molecule has 1 unspecified atom stereocenters. The van der Waals surface area contributed by atoms with Crippen molar-refractivity contribution >= 4 is 23.1 Å². The number of halogens is 1. The van der Waals surface area contributed by atoms with Gasteiger partial charge in [-0.1, -0.05) is 41.9 Å². The third-order valence-electron chi connectivity index (χ3n) is 4.25. The number of rotatable bonds is 6. The van der Waals surface area contributed by atoms with Crippen LogP contribution in [0.2, 0.25) is 5.02 Å². The fourth-order valence-corrected chi connectivity index (χ4v) is 3.15. The van der Waals surface area contributed by atoms with E-state index in [-0.39, 0.29) is 18.0 Å². The molecular weight excluding hydrogens is 326 g/mol. The largest absolute Gasteiger partial charge is 0.375 e. The number of anilines is 1. The van der Waals surface area contributed by atoms with Crippen LogP contribution in [0.5, 0.6) is 0 Å². The average molecular weight is 346 g/mol. The quantitative estimate of drug-likeness (QED) is 0.803. The van der Waals surface area contributed by atoms with Crippen LogP contribution in [-0.4, -0.2) is 31.8 Å². The van der Waals surface area contributed by atoms with Gasteiger partial charge in [-0.25, -0.2) is 0 Å². The van der Waals surface area contributed by atoms with Gasteiger partial charge in [-0.3, -0.25) is 4.79 Å². The molecule has 1 saturated heterocycles. The number of carbonyl (C=O) groups excluding carboxylic acids is 1. The fraction of sp³-hybridized carbons (Fsp3) is 0.316. The maximum absolute atomic E-state index is 13.1. The molecule has 0 saturated carbocycles. The first-order chi connectivity index (χ1) is 11.7. The van der Waals surface area contributed by atoms with Crippen LogP contribution in [0.25, 0.3) is 0 Å². The summed E-state index contributed by atoms with van der Waals surface area (Å²) in [5, 5.41) is 4.00. The third kappa shape index (κ3) is 3.78. The van der Waals surface area contributed by atoms with Gasteiger partial charge in [0.05, 0.1) is 12.6 Å². The summed E-state index contributed by atoms with van der Waals surface area (Å²) in [6, 6.07) is 16.2. The molecule has 0 aromatic heterocycles. The van der Waals surface area contributed by atoms with Crippen LogP contribution < -0.4 is 5.32 Å². The number of hydrogen-bond acceptors (Lipinski definition) is 4. The second kappa shape index (κ2) is 7.79. The normalized spacial score (nSPS) is 21.4. The number of nitrogens with one attached hydrogen (secondary N) is 1. The summed E-state index contributed by atoms with van der Waals surface area (Å²) >= 11 is 5.94. The van der Waals surface area contributed by atoms with Crippen molar-refractivity contribution in [3.8, 4) is 0 Å². The van der Waals surface area contributed by atoms with Crippen LogP contribution in [-0.2, 0) is 9.47 Å². The number of ketones is 1. The van der Waals surface area contributed by atoms with Crippen LogP contribution in [0.1, 0.15) is 16.8 Å². The summed E-state index contributed by atoms with van der Waals surface area (Å²) in [4.78, 5) is 13.1. The lowest BCUT2D eigenvalue weighted by Gasteiger charge is -2.27. The Morgan fingerprint density at radius 2 is 1.92 bits per heavy atom. The van der Waals surface area contributed by atoms with E-state index in [1.165, 1.54) is 0 Å². The van der Waals surface area contributed by atoms with Crippen molar-refractivity contribution in [3.05, 3.63) is 65.2 Å². The Balaban J connectivity index is 1.88. The highest BCUT2D eigenvalue weighted by molar-refractivity contribution is 6.30. The van der Waals surface area contributed by atoms with Gasteiger partial charge in [0.15, 0.2) is 12.1 Å². The Morgan fingerprint density at radius 1 is 1.21 bits per heavy atom. The Bertz CT molecular complexity index is 675. The molecule has 1 aliphatic rings. The van der Waals surface area contributed by atoms with Crippen molar-refractivity contribution in [1.29, 1.82) is 0 Å². The van der Waals surface area contributed by atoms with Crippen molar-refractivity contribution in [2.75, 3.05) is 19.0 Å². The highest BCUT2D eigenvalue weighted by atomic mass is 35.5. The van der Waals surface area contributed by atoms with E-state index in [2.05, 4.69) is 5.32 Å². The summed E-state index contributed by atoms with van der Waals surface area (Å²) in [5.41, 5.74) is 1.51. The summed E-state index contributed by atoms with van der Waals surface area (Å²) in [6.45, 7) is 0.587. The monoisotopic (exact) mass is 345 g/mol. The first kappa shape index (κ1) is 17.0. The van der Waals surface area contributed by atoms with E-state index in [1.807, 2.05) is 42.5 Å². The van der Waals surface area contributed by atoms with Crippen LogP contribution in [0.15, 0.2) is 54.6 Å². The molecule has 2 aromatic carbocycles. The molecule has 1 fully saturated rings. The molecule has 2 aromatic rings. The van der Waals surface area contributed by atoms with Crippen LogP contribution in [0.3, 0.4) is 0 Å². The number of Topliss-reactive ketones (excluding diaryl/α,β-unsaturated/α-hetero) is 1. The maximum Gasteiger partial charge on any atom is 0.185 e. The lowest BCUT2D eigenvalue weighted by atomic mass is 9.90. The van der Waals surface area contributed by atoms with Crippen molar-refractivity contribution < 1.29 is 14.3 Å². The van der Waals surface area contributed by atoms with Gasteiger partial charge in [0.25, 0.3) is 0 Å². The van der Waals surface area contributed by atoms with Crippen LogP contribution >= 0.6 is 11.6 Å². The van der Waals surface area contributed by atoms with Crippen LogP contribution in [0, 0.1) is 5.92 Å². The Morgan fingerprint density at radius 3 is 2.58 bits per heavy atom. The second-order valence-electron chi connectivity index (χ2n) is 5.79. The summed E-state index contributed by atoms with van der Waals surface area (Å²) in [5.74, 6) is -0.0264. The average Bonchev–Trinajstić information content (AvgIpc) is 3.10. The summed E-state index contributed by atoms with van der Waals surface area (Å²) < 4.78 is 11.0. The molecule has 1 heterocycles. The molecule has 0 radical (unpaired) electrons. The van der Waals surface area contributed by atoms with Gasteiger partial charge in [0, 0.05) is 29.3 Å². The topological polar surface area (TPSA) is 47.6 Å². The zero-order chi connectivity index (χ0) is 16.9. The molecule has 1 N–H and O–H groups in total. The number of benzene rings is 2. The zero-order valence-corrected chi connectivity index (χ0v) is 14.2. The molecule has 0 aliphatic carbocycles. The van der Waals surface area contributed by atoms with Crippen LogP contribution in [0.4, 0.5) is 5.69 Å². The van der Waals surface area contributed by atoms with E-state index in [0.717, 1.165) is 12.1 Å². The zero-order valence-electron chi connectivity index (χ0n) is 13.4. The minimum Gasteiger partial charge on any atom is -0.375 e. The SMILES string of the molecule is CO[C@H]1OCC[C@@H]1C(Nc1ccc(Cl)cc1)C(=O)c1ccccc1. The fourth-order valence-electron chi connectivity index (χ4n) is 3.02. The lowest BCUT2D eigenvalue weighted by molar-refractivity contribution is -0.110. The molecule has 3 rings (SSSR count). The van der Waals surface area contributed by atoms with Gasteiger partial charge in [-0.05, 0) is 30.7 Å². The standard InChI is InChI=1S/C19H20ClNO3/c1-23-19-16(11-12-24-19)17(18(22)13-5-3-2-4-6-13)21-15-9-7-14(20)8-10-15/h2-10,16-17,19,21H,11-12H2,1H3/t16-,17?,19+/m1/s1. The van der Waals surface area contributed by atoms with Crippen molar-refractivity contribution in [2.24, 2.45) is 5.92 Å². The molecule has 0 spiro atoms. The lowest BCUT2D eigenvalue weighted by Crippen LogP contribution is -2.41. The Kier molecular flexibility index (Phi) is 5.51. The molecule has 4 nitrogen and oxygen atoms in total. The molecule has 0 bridgehead atoms. The van der Waals surface area contributed by atoms with Gasteiger partial charge in [0.2, 0.25) is 0 Å². The number of carbonyl (C=O) groups is 1. The molecule has 1 aliphatic heterocycles.